The van der Waals surface area contributed by atoms with Crippen molar-refractivity contribution < 1.29 is 0 Å². The highest BCUT2D eigenvalue weighted by Gasteiger charge is 2.14. The van der Waals surface area contributed by atoms with E-state index in [1.54, 1.807) is 12.1 Å². The van der Waals surface area contributed by atoms with Gasteiger partial charge in [-0.2, -0.15) is 0 Å². The van der Waals surface area contributed by atoms with E-state index >= 15 is 0 Å². The zero-order chi connectivity index (χ0) is 14.8. The van der Waals surface area contributed by atoms with E-state index in [2.05, 4.69) is 9.97 Å². The summed E-state index contributed by atoms with van der Waals surface area (Å²) in [6.07, 6.45) is 0. The van der Waals surface area contributed by atoms with E-state index in [9.17, 15) is 9.59 Å². The van der Waals surface area contributed by atoms with E-state index in [0.717, 1.165) is 32.6 Å². The van der Waals surface area contributed by atoms with Gasteiger partial charge in [-0.1, -0.05) is 24.3 Å². The highest BCUT2D eigenvalue weighted by molar-refractivity contribution is 6.26. The number of benzene rings is 3. The van der Waals surface area contributed by atoms with E-state index in [0.29, 0.717) is 10.8 Å². The van der Waals surface area contributed by atoms with Crippen LogP contribution in [0, 0.1) is 0 Å². The zero-order valence-corrected chi connectivity index (χ0v) is 11.4. The van der Waals surface area contributed by atoms with E-state index in [1.165, 1.54) is 0 Å². The first-order valence-corrected chi connectivity index (χ1v) is 7.06. The van der Waals surface area contributed by atoms with Gasteiger partial charge >= 0.3 is 0 Å². The molecule has 104 valence electrons. The van der Waals surface area contributed by atoms with Crippen molar-refractivity contribution in [2.75, 3.05) is 0 Å². The fraction of sp³-hybridized carbons (Fsp3) is 0. The molecule has 0 bridgehead atoms. The molecule has 22 heavy (non-hydrogen) atoms. The van der Waals surface area contributed by atoms with Gasteiger partial charge < -0.3 is 4.98 Å². The first-order valence-electron chi connectivity index (χ1n) is 7.06. The second kappa shape index (κ2) is 3.74. The quantitative estimate of drug-likeness (QED) is 0.339. The largest absolute Gasteiger partial charge is 0.354 e. The molecular weight excluding hydrogens is 276 g/mol. The molecule has 0 saturated heterocycles. The highest BCUT2D eigenvalue weighted by atomic mass is 16.2. The van der Waals surface area contributed by atoms with Crippen LogP contribution in [-0.4, -0.2) is 9.97 Å². The van der Waals surface area contributed by atoms with Crippen molar-refractivity contribution in [1.29, 1.82) is 0 Å². The second-order valence-electron chi connectivity index (χ2n) is 5.53. The average Bonchev–Trinajstić information content (AvgIpc) is 2.54. The summed E-state index contributed by atoms with van der Waals surface area (Å²) in [5.41, 5.74) is 1.29. The van der Waals surface area contributed by atoms with Crippen molar-refractivity contribution in [2.24, 2.45) is 0 Å². The van der Waals surface area contributed by atoms with Gasteiger partial charge in [0.2, 0.25) is 0 Å². The van der Waals surface area contributed by atoms with Crippen LogP contribution in [0.3, 0.4) is 0 Å². The molecule has 0 aliphatic heterocycles. The van der Waals surface area contributed by atoms with Gasteiger partial charge in [0.15, 0.2) is 0 Å². The van der Waals surface area contributed by atoms with Gasteiger partial charge in [-0.15, -0.1) is 0 Å². The molecule has 0 saturated carbocycles. The smallest absolute Gasteiger partial charge is 0.258 e. The lowest BCUT2D eigenvalue weighted by Crippen LogP contribution is -2.19. The number of H-pyrrole nitrogens is 2. The summed E-state index contributed by atoms with van der Waals surface area (Å²) >= 11 is 0. The minimum absolute atomic E-state index is 0.333. The SMILES string of the molecule is O=c1[nH]c(=O)c2ccc3c4ccccc4[nH]c4ccc1c2c43. The number of aromatic amines is 2. The lowest BCUT2D eigenvalue weighted by molar-refractivity contribution is 1.22. The molecule has 0 fully saturated rings. The van der Waals surface area contributed by atoms with Crippen LogP contribution in [0.1, 0.15) is 0 Å². The zero-order valence-electron chi connectivity index (χ0n) is 11.4. The summed E-state index contributed by atoms with van der Waals surface area (Å²) in [6, 6.07) is 15.5. The Morgan fingerprint density at radius 2 is 1.23 bits per heavy atom. The molecule has 2 aromatic heterocycles. The number of hydrogen-bond acceptors (Lipinski definition) is 2. The van der Waals surface area contributed by atoms with Crippen LogP contribution < -0.4 is 11.1 Å². The van der Waals surface area contributed by atoms with Gasteiger partial charge in [-0.3, -0.25) is 14.6 Å². The van der Waals surface area contributed by atoms with Crippen molar-refractivity contribution in [3.8, 4) is 0 Å². The van der Waals surface area contributed by atoms with E-state index in [-0.39, 0.29) is 11.1 Å². The fourth-order valence-electron chi connectivity index (χ4n) is 3.41. The van der Waals surface area contributed by atoms with E-state index < -0.39 is 0 Å². The Balaban J connectivity index is 2.27. The Bertz CT molecular complexity index is 1280. The van der Waals surface area contributed by atoms with Crippen LogP contribution in [0.4, 0.5) is 0 Å². The summed E-state index contributed by atoms with van der Waals surface area (Å²) in [6.45, 7) is 0. The van der Waals surface area contributed by atoms with Crippen LogP contribution in [0.15, 0.2) is 58.1 Å². The summed E-state index contributed by atoms with van der Waals surface area (Å²) in [5.74, 6) is 0. The number of nitrogens with one attached hydrogen (secondary N) is 2. The Kier molecular flexibility index (Phi) is 1.96. The van der Waals surface area contributed by atoms with Crippen LogP contribution in [0.2, 0.25) is 0 Å². The molecule has 0 spiro atoms. The minimum atomic E-state index is -0.333. The maximum absolute atomic E-state index is 12.1. The Morgan fingerprint density at radius 3 is 2.05 bits per heavy atom. The predicted molar refractivity (Wildman–Crippen MR) is 88.9 cm³/mol. The third-order valence-electron chi connectivity index (χ3n) is 4.36. The van der Waals surface area contributed by atoms with Crippen LogP contribution in [0.5, 0.6) is 0 Å². The molecule has 5 aromatic rings. The number of aromatic nitrogens is 2. The minimum Gasteiger partial charge on any atom is -0.354 e. The molecule has 4 nitrogen and oxygen atoms in total. The highest BCUT2D eigenvalue weighted by Crippen LogP contribution is 2.34. The normalized spacial score (nSPS) is 12.0. The Labute approximate surface area is 123 Å². The lowest BCUT2D eigenvalue weighted by Gasteiger charge is -2.12. The number of rotatable bonds is 0. The predicted octanol–water partition coefficient (Wildman–Crippen LogP) is 3.11. The van der Waals surface area contributed by atoms with Gasteiger partial charge in [-0.05, 0) is 29.7 Å². The molecule has 0 atom stereocenters. The summed E-state index contributed by atoms with van der Waals surface area (Å²) in [5, 5.41) is 4.92. The third kappa shape index (κ3) is 1.27. The topological polar surface area (TPSA) is 65.7 Å². The van der Waals surface area contributed by atoms with Gasteiger partial charge in [0, 0.05) is 38.0 Å². The molecule has 0 aliphatic carbocycles. The molecule has 4 heteroatoms. The molecule has 0 radical (unpaired) electrons. The summed E-state index contributed by atoms with van der Waals surface area (Å²) in [7, 11) is 0. The van der Waals surface area contributed by atoms with Crippen LogP contribution >= 0.6 is 0 Å². The second-order valence-corrected chi connectivity index (χ2v) is 5.53. The number of hydrogen-bond donors (Lipinski definition) is 2. The van der Waals surface area contributed by atoms with Gasteiger partial charge in [-0.25, -0.2) is 0 Å². The molecule has 0 amide bonds. The van der Waals surface area contributed by atoms with E-state index in [1.807, 2.05) is 36.4 Å². The van der Waals surface area contributed by atoms with Crippen molar-refractivity contribution in [1.82, 2.24) is 9.97 Å². The molecule has 2 N–H and O–H groups in total. The number of pyridine rings is 2. The third-order valence-corrected chi connectivity index (χ3v) is 4.36. The van der Waals surface area contributed by atoms with Crippen molar-refractivity contribution in [2.45, 2.75) is 0 Å². The lowest BCUT2D eigenvalue weighted by atomic mass is 9.96. The Morgan fingerprint density at radius 1 is 0.545 bits per heavy atom. The van der Waals surface area contributed by atoms with Crippen molar-refractivity contribution >= 4 is 43.4 Å². The number of para-hydroxylation sites is 1. The maximum atomic E-state index is 12.1. The van der Waals surface area contributed by atoms with E-state index in [4.69, 9.17) is 0 Å². The average molecular weight is 286 g/mol. The first-order chi connectivity index (χ1) is 10.7. The molecular formula is C18H10N2O2. The molecule has 2 heterocycles. The van der Waals surface area contributed by atoms with Crippen LogP contribution in [-0.2, 0) is 0 Å². The first kappa shape index (κ1) is 11.5. The van der Waals surface area contributed by atoms with Gasteiger partial charge in [0.05, 0.1) is 0 Å². The van der Waals surface area contributed by atoms with Crippen molar-refractivity contribution in [3.05, 3.63) is 69.2 Å². The molecule has 5 rings (SSSR count). The molecule has 3 aromatic carbocycles. The fourth-order valence-corrected chi connectivity index (χ4v) is 3.41. The van der Waals surface area contributed by atoms with Gasteiger partial charge in [0.1, 0.15) is 0 Å². The summed E-state index contributed by atoms with van der Waals surface area (Å²) in [4.78, 5) is 30.0. The van der Waals surface area contributed by atoms with Crippen molar-refractivity contribution in [3.63, 3.8) is 0 Å². The molecule has 0 aliphatic rings. The molecule has 0 unspecified atom stereocenters. The monoisotopic (exact) mass is 286 g/mol. The van der Waals surface area contributed by atoms with Crippen LogP contribution in [0.25, 0.3) is 43.4 Å². The maximum Gasteiger partial charge on any atom is 0.258 e. The van der Waals surface area contributed by atoms with Gasteiger partial charge in [0.25, 0.3) is 11.1 Å². The number of fused-ring (bicyclic) bond motifs is 2. The Hall–Kier alpha value is -3.14. The summed E-state index contributed by atoms with van der Waals surface area (Å²) < 4.78 is 0. The standard InChI is InChI=1S/C18H10N2O2/c21-17-11-6-5-10-9-3-1-2-4-13(9)19-14-8-7-12(18(22)20-17)15(11)16(10)14/h1-8,19H,(H,20,21,22).